The number of allylic oxidation sites excluding steroid dienone is 10. The Balaban J connectivity index is 1.24. The van der Waals surface area contributed by atoms with Gasteiger partial charge in [0, 0.05) is 22.5 Å². The summed E-state index contributed by atoms with van der Waals surface area (Å²) in [5.41, 5.74) is 18.5. The number of hydrogen-bond donors (Lipinski definition) is 0. The van der Waals surface area contributed by atoms with Crippen LogP contribution >= 0.6 is 0 Å². The van der Waals surface area contributed by atoms with Gasteiger partial charge in [-0.2, -0.15) is 0 Å². The van der Waals surface area contributed by atoms with Gasteiger partial charge in [-0.15, -0.1) is 0 Å². The highest BCUT2D eigenvalue weighted by atomic mass is 15.1. The molecule has 0 aliphatic heterocycles. The van der Waals surface area contributed by atoms with Gasteiger partial charge in [-0.3, -0.25) is 0 Å². The van der Waals surface area contributed by atoms with Crippen molar-refractivity contribution in [2.45, 2.75) is 46.0 Å². The summed E-state index contributed by atoms with van der Waals surface area (Å²) in [5.74, 6) is 0. The van der Waals surface area contributed by atoms with Crippen molar-refractivity contribution in [2.24, 2.45) is 0 Å². The minimum Gasteiger partial charge on any atom is -0.310 e. The maximum absolute atomic E-state index is 2.41. The first kappa shape index (κ1) is 34.9. The van der Waals surface area contributed by atoms with Crippen LogP contribution in [-0.2, 0) is 5.41 Å². The van der Waals surface area contributed by atoms with Crippen LogP contribution in [0, 0.1) is 0 Å². The molecule has 0 amide bonds. The van der Waals surface area contributed by atoms with E-state index >= 15 is 0 Å². The molecular weight excluding hydrogens is 651 g/mol. The van der Waals surface area contributed by atoms with Crippen molar-refractivity contribution in [3.8, 4) is 33.4 Å². The third-order valence-corrected chi connectivity index (χ3v) is 11.2. The van der Waals surface area contributed by atoms with Crippen LogP contribution in [0.15, 0.2) is 194 Å². The molecule has 0 bridgehead atoms. The van der Waals surface area contributed by atoms with Crippen molar-refractivity contribution >= 4 is 28.2 Å². The molecule has 0 saturated heterocycles. The molecule has 0 heterocycles. The van der Waals surface area contributed by atoms with E-state index in [2.05, 4.69) is 221 Å². The van der Waals surface area contributed by atoms with Crippen molar-refractivity contribution in [1.29, 1.82) is 0 Å². The first-order chi connectivity index (χ1) is 26.4. The standard InChI is InChI=1S/C53H47N/c1-5-17-48-38(2)53(3,4)52-37-47(33-35-50(48)52)54(45-29-24-41(25-30-45)39-18-13-9-14-19-39)46-31-26-43(27-32-46)51-36-44(40-20-15-10-16-21-40)28-34-49(51)42-22-11-7-6-8-12-23-42/h5,7,9-37H,6,8H2,1-4H3/b11-7-,17-5-,23-12?,42-22?. The highest BCUT2D eigenvalue weighted by Crippen LogP contribution is 2.49. The summed E-state index contributed by atoms with van der Waals surface area (Å²) in [4.78, 5) is 2.41. The Morgan fingerprint density at radius 1 is 0.537 bits per heavy atom. The summed E-state index contributed by atoms with van der Waals surface area (Å²) in [6.45, 7) is 9.10. The van der Waals surface area contributed by atoms with E-state index in [1.165, 1.54) is 66.8 Å². The normalized spacial score (nSPS) is 15.4. The smallest absolute Gasteiger partial charge is 0.0465 e. The fourth-order valence-electron chi connectivity index (χ4n) is 7.97. The van der Waals surface area contributed by atoms with E-state index < -0.39 is 0 Å². The summed E-state index contributed by atoms with van der Waals surface area (Å²) < 4.78 is 0. The number of hydrogen-bond acceptors (Lipinski definition) is 1. The van der Waals surface area contributed by atoms with Gasteiger partial charge in [0.25, 0.3) is 0 Å². The van der Waals surface area contributed by atoms with Crippen molar-refractivity contribution < 1.29 is 0 Å². The van der Waals surface area contributed by atoms with Gasteiger partial charge in [0.2, 0.25) is 0 Å². The Morgan fingerprint density at radius 2 is 1.09 bits per heavy atom. The second-order valence-corrected chi connectivity index (χ2v) is 14.8. The lowest BCUT2D eigenvalue weighted by atomic mass is 9.82. The Kier molecular flexibility index (Phi) is 9.72. The number of rotatable bonds is 8. The lowest BCUT2D eigenvalue weighted by Gasteiger charge is -2.29. The molecule has 54 heavy (non-hydrogen) atoms. The van der Waals surface area contributed by atoms with E-state index in [9.17, 15) is 0 Å². The third-order valence-electron chi connectivity index (χ3n) is 11.2. The molecule has 1 heteroatoms. The highest BCUT2D eigenvalue weighted by Gasteiger charge is 2.35. The molecule has 0 atom stereocenters. The van der Waals surface area contributed by atoms with Crippen LogP contribution in [0.4, 0.5) is 17.1 Å². The van der Waals surface area contributed by atoms with Crippen molar-refractivity contribution in [3.05, 3.63) is 210 Å². The second kappa shape index (κ2) is 15.0. The van der Waals surface area contributed by atoms with Crippen LogP contribution in [0.5, 0.6) is 0 Å². The minimum absolute atomic E-state index is 0.0671. The Hall–Kier alpha value is -6.18. The molecule has 1 nitrogen and oxygen atoms in total. The zero-order chi connectivity index (χ0) is 37.1. The number of fused-ring (bicyclic) bond motifs is 1. The van der Waals surface area contributed by atoms with E-state index in [1.807, 2.05) is 0 Å². The van der Waals surface area contributed by atoms with Gasteiger partial charge in [0.15, 0.2) is 0 Å². The van der Waals surface area contributed by atoms with Gasteiger partial charge in [-0.05, 0) is 130 Å². The van der Waals surface area contributed by atoms with Crippen LogP contribution in [0.1, 0.15) is 57.2 Å². The monoisotopic (exact) mass is 697 g/mol. The molecule has 6 aromatic rings. The van der Waals surface area contributed by atoms with Gasteiger partial charge >= 0.3 is 0 Å². The van der Waals surface area contributed by atoms with Crippen LogP contribution < -0.4 is 4.90 Å². The maximum Gasteiger partial charge on any atom is 0.0465 e. The first-order valence-electron chi connectivity index (χ1n) is 19.2. The van der Waals surface area contributed by atoms with Crippen LogP contribution in [0.2, 0.25) is 0 Å². The highest BCUT2D eigenvalue weighted by molar-refractivity contribution is 5.91. The zero-order valence-electron chi connectivity index (χ0n) is 31.8. The minimum atomic E-state index is -0.0671. The van der Waals surface area contributed by atoms with Crippen molar-refractivity contribution in [2.75, 3.05) is 4.90 Å². The molecule has 2 aliphatic rings. The number of anilines is 3. The Morgan fingerprint density at radius 3 is 1.76 bits per heavy atom. The zero-order valence-corrected chi connectivity index (χ0v) is 31.8. The first-order valence-corrected chi connectivity index (χ1v) is 19.2. The SMILES string of the molecule is C/C=C\C1=C(C)C(C)(C)c2cc(N(c3ccc(-c4ccccc4)cc3)c3ccc(-c4cc(-c5ccccc5)ccc4C4=C/C=C\CCC=C4)cc3)ccc21. The molecule has 0 N–H and O–H groups in total. The molecule has 264 valence electrons. The molecule has 0 unspecified atom stereocenters. The number of benzene rings is 6. The van der Waals surface area contributed by atoms with Crippen molar-refractivity contribution in [3.63, 3.8) is 0 Å². The topological polar surface area (TPSA) is 3.24 Å². The molecule has 0 saturated carbocycles. The molecular formula is C53H47N. The van der Waals surface area contributed by atoms with Gasteiger partial charge < -0.3 is 4.90 Å². The summed E-state index contributed by atoms with van der Waals surface area (Å²) in [6.07, 6.45) is 17.8. The summed E-state index contributed by atoms with van der Waals surface area (Å²) in [5, 5.41) is 0. The maximum atomic E-state index is 2.41. The average molecular weight is 698 g/mol. The van der Waals surface area contributed by atoms with Gasteiger partial charge in [0.05, 0.1) is 0 Å². The molecule has 0 aromatic heterocycles. The molecule has 2 aliphatic carbocycles. The van der Waals surface area contributed by atoms with E-state index in [1.54, 1.807) is 0 Å². The molecule has 0 radical (unpaired) electrons. The predicted octanol–water partition coefficient (Wildman–Crippen LogP) is 15.1. The fourth-order valence-corrected chi connectivity index (χ4v) is 7.97. The van der Waals surface area contributed by atoms with E-state index in [0.717, 1.165) is 29.9 Å². The average Bonchev–Trinajstić information content (AvgIpc) is 3.39. The lowest BCUT2D eigenvalue weighted by molar-refractivity contribution is 0.639. The summed E-state index contributed by atoms with van der Waals surface area (Å²) in [6, 6.07) is 53.4. The molecule has 8 rings (SSSR count). The van der Waals surface area contributed by atoms with Gasteiger partial charge in [-0.25, -0.2) is 0 Å². The van der Waals surface area contributed by atoms with Crippen LogP contribution in [-0.4, -0.2) is 0 Å². The summed E-state index contributed by atoms with van der Waals surface area (Å²) in [7, 11) is 0. The number of nitrogens with zero attached hydrogens (tertiary/aromatic N) is 1. The molecule has 0 spiro atoms. The third kappa shape index (κ3) is 6.74. The Bertz CT molecular complexity index is 2430. The van der Waals surface area contributed by atoms with E-state index in [4.69, 9.17) is 0 Å². The Labute approximate surface area is 321 Å². The predicted molar refractivity (Wildman–Crippen MR) is 233 cm³/mol. The molecule has 6 aromatic carbocycles. The summed E-state index contributed by atoms with van der Waals surface area (Å²) >= 11 is 0. The van der Waals surface area contributed by atoms with E-state index in [-0.39, 0.29) is 5.41 Å². The van der Waals surface area contributed by atoms with Crippen LogP contribution in [0.3, 0.4) is 0 Å². The quantitative estimate of drug-likeness (QED) is 0.153. The fraction of sp³-hybridized carbons (Fsp3) is 0.132. The van der Waals surface area contributed by atoms with Gasteiger partial charge in [-0.1, -0.05) is 165 Å². The largest absolute Gasteiger partial charge is 0.310 e. The van der Waals surface area contributed by atoms with E-state index in [0.29, 0.717) is 0 Å². The lowest BCUT2D eigenvalue weighted by Crippen LogP contribution is -2.17. The van der Waals surface area contributed by atoms with Gasteiger partial charge in [0.1, 0.15) is 0 Å². The van der Waals surface area contributed by atoms with Crippen molar-refractivity contribution in [1.82, 2.24) is 0 Å². The second-order valence-electron chi connectivity index (χ2n) is 14.8. The molecule has 0 fully saturated rings. The van der Waals surface area contributed by atoms with Crippen LogP contribution in [0.25, 0.3) is 44.5 Å².